The minimum absolute atomic E-state index is 0.188. The molecular weight excluding hydrogens is 253 g/mol. The molecular formula is C16H22FN3. The molecule has 1 aliphatic rings. The van der Waals surface area contributed by atoms with Gasteiger partial charge in [0.1, 0.15) is 11.6 Å². The predicted molar refractivity (Wildman–Crippen MR) is 79.2 cm³/mol. The third kappa shape index (κ3) is 2.44. The molecule has 1 aliphatic carbocycles. The van der Waals surface area contributed by atoms with Crippen molar-refractivity contribution in [3.63, 3.8) is 0 Å². The lowest BCUT2D eigenvalue weighted by Gasteiger charge is -2.26. The van der Waals surface area contributed by atoms with Crippen LogP contribution < -0.4 is 5.73 Å². The topological polar surface area (TPSA) is 43.8 Å². The van der Waals surface area contributed by atoms with Gasteiger partial charge in [-0.3, -0.25) is 0 Å². The lowest BCUT2D eigenvalue weighted by molar-refractivity contribution is 0.376. The minimum atomic E-state index is -0.188. The standard InChI is InChI=1S/C16H22FN3/c1-2-9-20-15-10-12(17)5-8-14(15)19-16(20)11-3-6-13(18)7-4-11/h5,8,10-11,13H,2-4,6-7,9,18H2,1H3. The van der Waals surface area contributed by atoms with Crippen LogP contribution in [0.3, 0.4) is 0 Å². The fourth-order valence-electron chi connectivity index (χ4n) is 3.26. The van der Waals surface area contributed by atoms with Gasteiger partial charge in [-0.2, -0.15) is 0 Å². The number of hydrogen-bond acceptors (Lipinski definition) is 2. The second-order valence-electron chi connectivity index (χ2n) is 5.87. The van der Waals surface area contributed by atoms with Crippen LogP contribution in [-0.2, 0) is 6.54 Å². The van der Waals surface area contributed by atoms with Crippen LogP contribution in [0.15, 0.2) is 18.2 Å². The average molecular weight is 275 g/mol. The molecule has 1 fully saturated rings. The van der Waals surface area contributed by atoms with E-state index in [1.807, 2.05) is 0 Å². The van der Waals surface area contributed by atoms with E-state index in [1.54, 1.807) is 12.1 Å². The van der Waals surface area contributed by atoms with Crippen molar-refractivity contribution < 1.29 is 4.39 Å². The molecule has 0 unspecified atom stereocenters. The number of benzene rings is 1. The first kappa shape index (κ1) is 13.6. The molecule has 3 rings (SSSR count). The number of rotatable bonds is 3. The highest BCUT2D eigenvalue weighted by atomic mass is 19.1. The second kappa shape index (κ2) is 5.52. The van der Waals surface area contributed by atoms with Crippen molar-refractivity contribution >= 4 is 11.0 Å². The largest absolute Gasteiger partial charge is 0.328 e. The molecule has 1 heterocycles. The summed E-state index contributed by atoms with van der Waals surface area (Å²) in [6.45, 7) is 3.05. The van der Waals surface area contributed by atoms with Crippen molar-refractivity contribution in [2.75, 3.05) is 0 Å². The molecule has 2 N–H and O–H groups in total. The Balaban J connectivity index is 2.02. The maximum atomic E-state index is 13.5. The highest BCUT2D eigenvalue weighted by molar-refractivity contribution is 5.76. The van der Waals surface area contributed by atoms with Gasteiger partial charge in [0, 0.05) is 18.5 Å². The second-order valence-corrected chi connectivity index (χ2v) is 5.87. The number of nitrogens with zero attached hydrogens (tertiary/aromatic N) is 2. The van der Waals surface area contributed by atoms with Gasteiger partial charge >= 0.3 is 0 Å². The molecule has 0 spiro atoms. The molecule has 108 valence electrons. The molecule has 20 heavy (non-hydrogen) atoms. The van der Waals surface area contributed by atoms with Crippen LogP contribution >= 0.6 is 0 Å². The predicted octanol–water partition coefficient (Wildman–Crippen LogP) is 3.57. The SMILES string of the molecule is CCCn1c(C2CCC(N)CC2)nc2ccc(F)cc21. The van der Waals surface area contributed by atoms with Gasteiger partial charge in [0.2, 0.25) is 0 Å². The molecule has 0 atom stereocenters. The highest BCUT2D eigenvalue weighted by Crippen LogP contribution is 2.33. The number of hydrogen-bond donors (Lipinski definition) is 1. The lowest BCUT2D eigenvalue weighted by atomic mass is 9.86. The Morgan fingerprint density at radius 1 is 1.30 bits per heavy atom. The zero-order valence-electron chi connectivity index (χ0n) is 12.0. The first-order valence-corrected chi connectivity index (χ1v) is 7.60. The fraction of sp³-hybridized carbons (Fsp3) is 0.562. The number of imidazole rings is 1. The first-order chi connectivity index (χ1) is 9.69. The Bertz CT molecular complexity index is 597. The lowest BCUT2D eigenvalue weighted by Crippen LogP contribution is -2.26. The van der Waals surface area contributed by atoms with Crippen LogP contribution in [0.1, 0.15) is 50.8 Å². The Morgan fingerprint density at radius 2 is 2.05 bits per heavy atom. The molecule has 0 amide bonds. The van der Waals surface area contributed by atoms with Crippen molar-refractivity contribution in [2.24, 2.45) is 5.73 Å². The number of halogens is 1. The van der Waals surface area contributed by atoms with Crippen molar-refractivity contribution in [3.05, 3.63) is 29.8 Å². The minimum Gasteiger partial charge on any atom is -0.328 e. The van der Waals surface area contributed by atoms with Gasteiger partial charge in [-0.1, -0.05) is 6.92 Å². The van der Waals surface area contributed by atoms with E-state index in [0.29, 0.717) is 12.0 Å². The van der Waals surface area contributed by atoms with Crippen molar-refractivity contribution in [1.82, 2.24) is 9.55 Å². The zero-order chi connectivity index (χ0) is 14.1. The van der Waals surface area contributed by atoms with E-state index >= 15 is 0 Å². The molecule has 2 aromatic rings. The average Bonchev–Trinajstić information content (AvgIpc) is 2.79. The van der Waals surface area contributed by atoms with Gasteiger partial charge in [-0.05, 0) is 50.3 Å². The van der Waals surface area contributed by atoms with Gasteiger partial charge in [0.05, 0.1) is 11.0 Å². The van der Waals surface area contributed by atoms with Crippen LogP contribution in [0.4, 0.5) is 4.39 Å². The number of aryl methyl sites for hydroxylation is 1. The summed E-state index contributed by atoms with van der Waals surface area (Å²) in [5.41, 5.74) is 7.82. The van der Waals surface area contributed by atoms with Gasteiger partial charge in [-0.25, -0.2) is 9.37 Å². The third-order valence-electron chi connectivity index (χ3n) is 4.32. The maximum Gasteiger partial charge on any atom is 0.125 e. The van der Waals surface area contributed by atoms with Gasteiger partial charge < -0.3 is 10.3 Å². The van der Waals surface area contributed by atoms with Crippen molar-refractivity contribution in [1.29, 1.82) is 0 Å². The van der Waals surface area contributed by atoms with Gasteiger partial charge in [0.25, 0.3) is 0 Å². The summed E-state index contributed by atoms with van der Waals surface area (Å²) in [6, 6.07) is 5.23. The fourth-order valence-corrected chi connectivity index (χ4v) is 3.26. The summed E-state index contributed by atoms with van der Waals surface area (Å²) in [7, 11) is 0. The summed E-state index contributed by atoms with van der Waals surface area (Å²) in [5, 5.41) is 0. The van der Waals surface area contributed by atoms with E-state index in [2.05, 4.69) is 11.5 Å². The van der Waals surface area contributed by atoms with Gasteiger partial charge in [0.15, 0.2) is 0 Å². The molecule has 3 nitrogen and oxygen atoms in total. The Labute approximate surface area is 119 Å². The summed E-state index contributed by atoms with van der Waals surface area (Å²) in [6.07, 6.45) is 5.34. The van der Waals surface area contributed by atoms with Crippen LogP contribution in [0, 0.1) is 5.82 Å². The molecule has 1 aromatic heterocycles. The normalized spacial score (nSPS) is 23.4. The van der Waals surface area contributed by atoms with Crippen molar-refractivity contribution in [2.45, 2.75) is 57.5 Å². The van der Waals surface area contributed by atoms with Crippen LogP contribution in [0.2, 0.25) is 0 Å². The molecule has 0 radical (unpaired) electrons. The Hall–Kier alpha value is -1.42. The van der Waals surface area contributed by atoms with E-state index in [9.17, 15) is 4.39 Å². The van der Waals surface area contributed by atoms with E-state index in [4.69, 9.17) is 10.7 Å². The van der Waals surface area contributed by atoms with E-state index in [1.165, 1.54) is 6.07 Å². The number of nitrogens with two attached hydrogens (primary N) is 1. The molecule has 0 aliphatic heterocycles. The maximum absolute atomic E-state index is 13.5. The first-order valence-electron chi connectivity index (χ1n) is 7.60. The summed E-state index contributed by atoms with van der Waals surface area (Å²) in [4.78, 5) is 4.78. The van der Waals surface area contributed by atoms with E-state index in [0.717, 1.165) is 55.5 Å². The Kier molecular flexibility index (Phi) is 3.74. The number of aromatic nitrogens is 2. The van der Waals surface area contributed by atoms with Crippen molar-refractivity contribution in [3.8, 4) is 0 Å². The highest BCUT2D eigenvalue weighted by Gasteiger charge is 2.25. The van der Waals surface area contributed by atoms with Crippen LogP contribution in [0.25, 0.3) is 11.0 Å². The van der Waals surface area contributed by atoms with E-state index < -0.39 is 0 Å². The molecule has 4 heteroatoms. The van der Waals surface area contributed by atoms with Crippen LogP contribution in [0.5, 0.6) is 0 Å². The summed E-state index contributed by atoms with van der Waals surface area (Å²) < 4.78 is 15.7. The Morgan fingerprint density at radius 3 is 2.75 bits per heavy atom. The molecule has 1 aromatic carbocycles. The third-order valence-corrected chi connectivity index (χ3v) is 4.32. The molecule has 0 bridgehead atoms. The number of fused-ring (bicyclic) bond motifs is 1. The zero-order valence-corrected chi connectivity index (χ0v) is 12.0. The quantitative estimate of drug-likeness (QED) is 0.930. The monoisotopic (exact) mass is 275 g/mol. The van der Waals surface area contributed by atoms with E-state index in [-0.39, 0.29) is 5.82 Å². The smallest absolute Gasteiger partial charge is 0.125 e. The summed E-state index contributed by atoms with van der Waals surface area (Å²) in [5.74, 6) is 1.41. The molecule has 0 saturated heterocycles. The van der Waals surface area contributed by atoms with Crippen LogP contribution in [-0.4, -0.2) is 15.6 Å². The summed E-state index contributed by atoms with van der Waals surface area (Å²) >= 11 is 0. The van der Waals surface area contributed by atoms with Gasteiger partial charge in [-0.15, -0.1) is 0 Å². The molecule has 1 saturated carbocycles.